The predicted molar refractivity (Wildman–Crippen MR) is 85.6 cm³/mol. The van der Waals surface area contributed by atoms with Crippen LogP contribution in [0.1, 0.15) is 24.8 Å². The molecule has 3 unspecified atom stereocenters. The highest BCUT2D eigenvalue weighted by molar-refractivity contribution is 7.99. The zero-order chi connectivity index (χ0) is 14.2. The molecule has 3 nitrogen and oxygen atoms in total. The molecule has 2 aliphatic heterocycles. The minimum Gasteiger partial charge on any atom is -0.399 e. The Morgan fingerprint density at radius 3 is 3.05 bits per heavy atom. The molecule has 2 aliphatic rings. The summed E-state index contributed by atoms with van der Waals surface area (Å²) in [6.45, 7) is 2.71. The molecule has 0 saturated carbocycles. The maximum atomic E-state index is 12.8. The van der Waals surface area contributed by atoms with E-state index in [2.05, 4.69) is 0 Å². The molecule has 0 amide bonds. The SMILES string of the molecule is Cc1cc(S(=O)C2CCOC3(CCSC3)C2)ccc1N. The standard InChI is InChI=1S/C15H21NO2S2/c1-11-8-12(2-3-14(11)16)20(17)13-4-6-18-15(9-13)5-7-19-10-15/h2-3,8,13H,4-7,9-10,16H2,1H3. The van der Waals surface area contributed by atoms with Crippen molar-refractivity contribution in [3.8, 4) is 0 Å². The second kappa shape index (κ2) is 5.70. The summed E-state index contributed by atoms with van der Waals surface area (Å²) < 4.78 is 18.8. The van der Waals surface area contributed by atoms with Gasteiger partial charge in [0.2, 0.25) is 0 Å². The quantitative estimate of drug-likeness (QED) is 0.853. The third-order valence-electron chi connectivity index (χ3n) is 4.29. The molecule has 0 aromatic heterocycles. The van der Waals surface area contributed by atoms with Crippen LogP contribution in [-0.4, -0.2) is 33.2 Å². The Bertz CT molecular complexity index is 527. The van der Waals surface area contributed by atoms with E-state index in [1.807, 2.05) is 36.9 Å². The van der Waals surface area contributed by atoms with Crippen molar-refractivity contribution in [1.82, 2.24) is 0 Å². The van der Waals surface area contributed by atoms with Gasteiger partial charge in [0.15, 0.2) is 0 Å². The van der Waals surface area contributed by atoms with Gasteiger partial charge in [0, 0.05) is 28.2 Å². The fourth-order valence-corrected chi connectivity index (χ4v) is 6.02. The first kappa shape index (κ1) is 14.4. The van der Waals surface area contributed by atoms with Crippen LogP contribution in [0.15, 0.2) is 23.1 Å². The molecule has 20 heavy (non-hydrogen) atoms. The summed E-state index contributed by atoms with van der Waals surface area (Å²) in [5, 5.41) is 0.213. The fraction of sp³-hybridized carbons (Fsp3) is 0.600. The number of anilines is 1. The Kier molecular flexibility index (Phi) is 4.11. The number of benzene rings is 1. The Balaban J connectivity index is 1.77. The van der Waals surface area contributed by atoms with Gasteiger partial charge in [-0.1, -0.05) is 0 Å². The normalized spacial score (nSPS) is 31.6. The average Bonchev–Trinajstić information content (AvgIpc) is 2.89. The molecule has 3 atom stereocenters. The first-order valence-electron chi connectivity index (χ1n) is 7.08. The Labute approximate surface area is 127 Å². The third kappa shape index (κ3) is 2.76. The molecule has 0 aliphatic carbocycles. The largest absolute Gasteiger partial charge is 0.399 e. The zero-order valence-corrected chi connectivity index (χ0v) is 13.4. The van der Waals surface area contributed by atoms with E-state index < -0.39 is 10.8 Å². The van der Waals surface area contributed by atoms with Crippen molar-refractivity contribution in [2.24, 2.45) is 0 Å². The molecule has 1 aromatic carbocycles. The molecule has 1 spiro atoms. The number of hydrogen-bond donors (Lipinski definition) is 1. The van der Waals surface area contributed by atoms with E-state index in [0.717, 1.165) is 47.8 Å². The van der Waals surface area contributed by atoms with Crippen LogP contribution >= 0.6 is 11.8 Å². The van der Waals surface area contributed by atoms with E-state index in [9.17, 15) is 4.21 Å². The lowest BCUT2D eigenvalue weighted by Crippen LogP contribution is -2.43. The summed E-state index contributed by atoms with van der Waals surface area (Å²) in [4.78, 5) is 0.907. The van der Waals surface area contributed by atoms with Gasteiger partial charge in [0.25, 0.3) is 0 Å². The van der Waals surface area contributed by atoms with Crippen LogP contribution in [-0.2, 0) is 15.5 Å². The van der Waals surface area contributed by atoms with Crippen LogP contribution in [0.25, 0.3) is 0 Å². The van der Waals surface area contributed by atoms with Crippen LogP contribution in [0.3, 0.4) is 0 Å². The summed E-state index contributed by atoms with van der Waals surface area (Å²) in [7, 11) is -0.955. The number of nitrogen functional groups attached to an aromatic ring is 1. The van der Waals surface area contributed by atoms with Gasteiger partial charge in [-0.15, -0.1) is 0 Å². The molecule has 110 valence electrons. The van der Waals surface area contributed by atoms with Crippen molar-refractivity contribution in [3.05, 3.63) is 23.8 Å². The van der Waals surface area contributed by atoms with Gasteiger partial charge in [-0.25, -0.2) is 0 Å². The predicted octanol–water partition coefficient (Wildman–Crippen LogP) is 2.74. The zero-order valence-electron chi connectivity index (χ0n) is 11.8. The minimum atomic E-state index is -0.955. The molecular weight excluding hydrogens is 290 g/mol. The van der Waals surface area contributed by atoms with Crippen LogP contribution in [0.2, 0.25) is 0 Å². The number of aryl methyl sites for hydroxylation is 1. The highest BCUT2D eigenvalue weighted by Gasteiger charge is 2.42. The van der Waals surface area contributed by atoms with Gasteiger partial charge in [0.1, 0.15) is 0 Å². The van der Waals surface area contributed by atoms with Gasteiger partial charge < -0.3 is 10.5 Å². The van der Waals surface area contributed by atoms with Crippen molar-refractivity contribution in [2.45, 2.75) is 41.9 Å². The van der Waals surface area contributed by atoms with Crippen molar-refractivity contribution < 1.29 is 8.95 Å². The lowest BCUT2D eigenvalue weighted by atomic mass is 9.93. The van der Waals surface area contributed by atoms with E-state index in [4.69, 9.17) is 10.5 Å². The first-order valence-corrected chi connectivity index (χ1v) is 9.45. The molecular formula is C15H21NO2S2. The second-order valence-corrected chi connectivity index (χ2v) is 8.60. The van der Waals surface area contributed by atoms with Crippen LogP contribution in [0, 0.1) is 6.92 Å². The Morgan fingerprint density at radius 2 is 2.35 bits per heavy atom. The Morgan fingerprint density at radius 1 is 1.50 bits per heavy atom. The Hall–Kier alpha value is -0.520. The summed E-state index contributed by atoms with van der Waals surface area (Å²) in [5.74, 6) is 2.22. The maximum Gasteiger partial charge on any atom is 0.0791 e. The van der Waals surface area contributed by atoms with E-state index >= 15 is 0 Å². The maximum absolute atomic E-state index is 12.8. The monoisotopic (exact) mass is 311 g/mol. The van der Waals surface area contributed by atoms with E-state index in [0.29, 0.717) is 0 Å². The summed E-state index contributed by atoms with van der Waals surface area (Å²) >= 11 is 1.95. The molecule has 2 fully saturated rings. The highest BCUT2D eigenvalue weighted by Crippen LogP contribution is 2.40. The van der Waals surface area contributed by atoms with E-state index in [-0.39, 0.29) is 10.9 Å². The molecule has 2 saturated heterocycles. The van der Waals surface area contributed by atoms with Crippen LogP contribution < -0.4 is 5.73 Å². The summed E-state index contributed by atoms with van der Waals surface area (Å²) in [5.41, 5.74) is 7.61. The lowest BCUT2D eigenvalue weighted by Gasteiger charge is -2.37. The van der Waals surface area contributed by atoms with Gasteiger partial charge in [-0.2, -0.15) is 11.8 Å². The molecule has 0 radical (unpaired) electrons. The smallest absolute Gasteiger partial charge is 0.0791 e. The van der Waals surface area contributed by atoms with Crippen molar-refractivity contribution in [2.75, 3.05) is 23.8 Å². The number of rotatable bonds is 2. The number of ether oxygens (including phenoxy) is 1. The van der Waals surface area contributed by atoms with Crippen molar-refractivity contribution in [3.63, 3.8) is 0 Å². The second-order valence-electron chi connectivity index (χ2n) is 5.76. The van der Waals surface area contributed by atoms with E-state index in [1.165, 1.54) is 5.75 Å². The minimum absolute atomic E-state index is 0.00784. The third-order valence-corrected chi connectivity index (χ3v) is 7.24. The average molecular weight is 311 g/mol. The van der Waals surface area contributed by atoms with Crippen molar-refractivity contribution in [1.29, 1.82) is 0 Å². The van der Waals surface area contributed by atoms with Gasteiger partial charge in [-0.3, -0.25) is 4.21 Å². The fourth-order valence-electron chi connectivity index (χ4n) is 2.99. The molecule has 2 N–H and O–H groups in total. The molecule has 5 heteroatoms. The van der Waals surface area contributed by atoms with Crippen molar-refractivity contribution >= 4 is 28.2 Å². The van der Waals surface area contributed by atoms with E-state index in [1.54, 1.807) is 0 Å². The molecule has 1 aromatic rings. The molecule has 0 bridgehead atoms. The molecule has 2 heterocycles. The molecule has 3 rings (SSSR count). The highest BCUT2D eigenvalue weighted by atomic mass is 32.2. The van der Waals surface area contributed by atoms with Crippen LogP contribution in [0.5, 0.6) is 0 Å². The number of nitrogens with two attached hydrogens (primary N) is 1. The summed E-state index contributed by atoms with van der Waals surface area (Å²) in [6, 6.07) is 5.74. The first-order chi connectivity index (χ1) is 9.60. The number of hydrogen-bond acceptors (Lipinski definition) is 4. The van der Waals surface area contributed by atoms with Gasteiger partial charge >= 0.3 is 0 Å². The number of thioether (sulfide) groups is 1. The summed E-state index contributed by atoms with van der Waals surface area (Å²) in [6.07, 6.45) is 2.92. The van der Waals surface area contributed by atoms with Gasteiger partial charge in [-0.05, 0) is 55.7 Å². The van der Waals surface area contributed by atoms with Gasteiger partial charge in [0.05, 0.1) is 16.4 Å². The van der Waals surface area contributed by atoms with Crippen LogP contribution in [0.4, 0.5) is 5.69 Å². The lowest BCUT2D eigenvalue weighted by molar-refractivity contribution is -0.0567. The topological polar surface area (TPSA) is 52.3 Å².